The van der Waals surface area contributed by atoms with Crippen LogP contribution in [0.15, 0.2) is 53.4 Å². The molecule has 1 saturated heterocycles. The fraction of sp³-hybridized carbons (Fsp3) is 0.316. The summed E-state index contributed by atoms with van der Waals surface area (Å²) >= 11 is 5.81. The molecule has 0 atom stereocenters. The van der Waals surface area contributed by atoms with Crippen LogP contribution in [0, 0.1) is 0 Å². The van der Waals surface area contributed by atoms with E-state index in [1.807, 2.05) is 0 Å². The van der Waals surface area contributed by atoms with E-state index < -0.39 is 15.1 Å². The first-order valence-corrected chi connectivity index (χ1v) is 10.3. The van der Waals surface area contributed by atoms with Gasteiger partial charge in [0, 0.05) is 30.8 Å². The Morgan fingerprint density at radius 2 is 1.70 bits per heavy atom. The van der Waals surface area contributed by atoms with Crippen molar-refractivity contribution in [2.24, 2.45) is 0 Å². The zero-order chi connectivity index (χ0) is 19.4. The number of hydrogen-bond acceptors (Lipinski definition) is 5. The summed E-state index contributed by atoms with van der Waals surface area (Å²) in [6.07, 6.45) is 0. The van der Waals surface area contributed by atoms with Crippen LogP contribution in [0.3, 0.4) is 0 Å². The summed E-state index contributed by atoms with van der Waals surface area (Å²) in [5.74, 6) is 0.455. The van der Waals surface area contributed by atoms with Gasteiger partial charge in [0.15, 0.2) is 9.84 Å². The number of carbonyl (C=O) groups excluding carboxylic acids is 1. The van der Waals surface area contributed by atoms with E-state index in [9.17, 15) is 13.2 Å². The lowest BCUT2D eigenvalue weighted by molar-refractivity contribution is 0.0659. The molecule has 0 radical (unpaired) electrons. The van der Waals surface area contributed by atoms with Crippen molar-refractivity contribution >= 4 is 27.3 Å². The second-order valence-electron chi connectivity index (χ2n) is 6.20. The standard InChI is InChI=1S/C19H20ClNO5S/c1-25-10-11-26-16-6-2-14(3-7-16)19(22)21-12-18(13-21)27(23,24)17-8-4-15(20)5-9-17/h2-9,18H,10-13H2,1H3. The Hall–Kier alpha value is -2.09. The predicted octanol–water partition coefficient (Wildman–Crippen LogP) is 2.66. The topological polar surface area (TPSA) is 72.9 Å². The summed E-state index contributed by atoms with van der Waals surface area (Å²) in [5.41, 5.74) is 0.497. The molecule has 0 aliphatic carbocycles. The summed E-state index contributed by atoms with van der Waals surface area (Å²) in [6.45, 7) is 1.27. The number of nitrogens with zero attached hydrogens (tertiary/aromatic N) is 1. The normalized spacial score (nSPS) is 14.7. The molecular formula is C19H20ClNO5S. The van der Waals surface area contributed by atoms with Gasteiger partial charge in [-0.3, -0.25) is 4.79 Å². The number of likely N-dealkylation sites (tertiary alicyclic amines) is 1. The molecule has 0 unspecified atom stereocenters. The molecule has 2 aromatic carbocycles. The summed E-state index contributed by atoms with van der Waals surface area (Å²) in [7, 11) is -1.88. The quantitative estimate of drug-likeness (QED) is 0.657. The fourth-order valence-corrected chi connectivity index (χ4v) is 4.51. The minimum absolute atomic E-state index is 0.176. The Morgan fingerprint density at radius 3 is 2.30 bits per heavy atom. The van der Waals surface area contributed by atoms with Gasteiger partial charge < -0.3 is 14.4 Å². The number of rotatable bonds is 7. The van der Waals surface area contributed by atoms with Gasteiger partial charge in [-0.2, -0.15) is 0 Å². The number of carbonyl (C=O) groups is 1. The van der Waals surface area contributed by atoms with Crippen LogP contribution >= 0.6 is 11.6 Å². The van der Waals surface area contributed by atoms with Crippen LogP contribution in [0.4, 0.5) is 0 Å². The van der Waals surface area contributed by atoms with Crippen molar-refractivity contribution < 1.29 is 22.7 Å². The smallest absolute Gasteiger partial charge is 0.253 e. The summed E-state index contributed by atoms with van der Waals surface area (Å²) in [5, 5.41) is -0.117. The number of halogens is 1. The number of amides is 1. The highest BCUT2D eigenvalue weighted by Gasteiger charge is 2.40. The molecule has 0 bridgehead atoms. The highest BCUT2D eigenvalue weighted by atomic mass is 35.5. The molecule has 1 aliphatic heterocycles. The van der Waals surface area contributed by atoms with Gasteiger partial charge in [-0.15, -0.1) is 0 Å². The van der Waals surface area contributed by atoms with Gasteiger partial charge in [-0.05, 0) is 48.5 Å². The Kier molecular flexibility index (Phi) is 6.04. The predicted molar refractivity (Wildman–Crippen MR) is 102 cm³/mol. The molecule has 0 N–H and O–H groups in total. The molecule has 0 spiro atoms. The first-order chi connectivity index (χ1) is 12.9. The lowest BCUT2D eigenvalue weighted by Crippen LogP contribution is -2.56. The monoisotopic (exact) mass is 409 g/mol. The maximum Gasteiger partial charge on any atom is 0.253 e. The highest BCUT2D eigenvalue weighted by Crippen LogP contribution is 2.26. The van der Waals surface area contributed by atoms with Crippen LogP contribution < -0.4 is 4.74 Å². The molecule has 3 rings (SSSR count). The third-order valence-corrected chi connectivity index (χ3v) is 6.73. The molecule has 1 heterocycles. The molecule has 2 aromatic rings. The molecule has 0 saturated carbocycles. The Morgan fingerprint density at radius 1 is 1.07 bits per heavy atom. The first-order valence-electron chi connectivity index (χ1n) is 8.42. The van der Waals surface area contributed by atoms with E-state index >= 15 is 0 Å². The van der Waals surface area contributed by atoms with Crippen LogP contribution in [0.5, 0.6) is 5.75 Å². The Balaban J connectivity index is 1.58. The van der Waals surface area contributed by atoms with Crippen LogP contribution in [-0.4, -0.2) is 57.9 Å². The molecular weight excluding hydrogens is 390 g/mol. The van der Waals surface area contributed by atoms with E-state index in [0.29, 0.717) is 29.5 Å². The molecule has 1 aliphatic rings. The molecule has 144 valence electrons. The minimum Gasteiger partial charge on any atom is -0.491 e. The second kappa shape index (κ2) is 8.29. The largest absolute Gasteiger partial charge is 0.491 e. The van der Waals surface area contributed by atoms with E-state index in [0.717, 1.165) is 0 Å². The van der Waals surface area contributed by atoms with Crippen molar-refractivity contribution in [2.75, 3.05) is 33.4 Å². The molecule has 0 aromatic heterocycles. The Bertz CT molecular complexity index is 891. The third-order valence-electron chi connectivity index (χ3n) is 4.37. The van der Waals surface area contributed by atoms with Gasteiger partial charge in [-0.1, -0.05) is 11.6 Å². The maximum atomic E-state index is 12.6. The fourth-order valence-electron chi connectivity index (χ4n) is 2.74. The van der Waals surface area contributed by atoms with Gasteiger partial charge in [0.25, 0.3) is 5.91 Å². The lowest BCUT2D eigenvalue weighted by atomic mass is 10.1. The van der Waals surface area contributed by atoms with Crippen LogP contribution in [0.25, 0.3) is 0 Å². The number of ether oxygens (including phenoxy) is 2. The molecule has 8 heteroatoms. The van der Waals surface area contributed by atoms with Crippen LogP contribution in [0.2, 0.25) is 5.02 Å². The number of benzene rings is 2. The van der Waals surface area contributed by atoms with Gasteiger partial charge in [-0.25, -0.2) is 8.42 Å². The number of sulfone groups is 1. The van der Waals surface area contributed by atoms with Gasteiger partial charge in [0.05, 0.1) is 11.5 Å². The summed E-state index contributed by atoms with van der Waals surface area (Å²) in [6, 6.07) is 12.8. The average Bonchev–Trinajstić information content (AvgIpc) is 2.61. The molecule has 1 fully saturated rings. The van der Waals surface area contributed by atoms with Crippen molar-refractivity contribution in [1.82, 2.24) is 4.90 Å². The van der Waals surface area contributed by atoms with Gasteiger partial charge >= 0.3 is 0 Å². The Labute approximate surface area is 163 Å². The zero-order valence-electron chi connectivity index (χ0n) is 14.8. The van der Waals surface area contributed by atoms with Gasteiger partial charge in [0.2, 0.25) is 0 Å². The van der Waals surface area contributed by atoms with Crippen molar-refractivity contribution in [2.45, 2.75) is 10.1 Å². The zero-order valence-corrected chi connectivity index (χ0v) is 16.4. The molecule has 6 nitrogen and oxygen atoms in total. The summed E-state index contributed by atoms with van der Waals surface area (Å²) < 4.78 is 35.6. The minimum atomic E-state index is -3.47. The van der Waals surface area contributed by atoms with E-state index in [-0.39, 0.29) is 23.9 Å². The van der Waals surface area contributed by atoms with E-state index in [1.165, 1.54) is 17.0 Å². The van der Waals surface area contributed by atoms with E-state index in [4.69, 9.17) is 21.1 Å². The molecule has 1 amide bonds. The van der Waals surface area contributed by atoms with Crippen molar-refractivity contribution in [3.63, 3.8) is 0 Å². The molecule has 27 heavy (non-hydrogen) atoms. The van der Waals surface area contributed by atoms with Crippen LogP contribution in [-0.2, 0) is 14.6 Å². The van der Waals surface area contributed by atoms with Crippen LogP contribution in [0.1, 0.15) is 10.4 Å². The van der Waals surface area contributed by atoms with Crippen molar-refractivity contribution in [1.29, 1.82) is 0 Å². The first kappa shape index (κ1) is 19.7. The SMILES string of the molecule is COCCOc1ccc(C(=O)N2CC(S(=O)(=O)c3ccc(Cl)cc3)C2)cc1. The third kappa shape index (κ3) is 4.43. The highest BCUT2D eigenvalue weighted by molar-refractivity contribution is 7.92. The number of hydrogen-bond donors (Lipinski definition) is 0. The second-order valence-corrected chi connectivity index (χ2v) is 8.86. The number of methoxy groups -OCH3 is 1. The summed E-state index contributed by atoms with van der Waals surface area (Å²) in [4.78, 5) is 14.3. The lowest BCUT2D eigenvalue weighted by Gasteiger charge is -2.38. The van der Waals surface area contributed by atoms with E-state index in [2.05, 4.69) is 0 Å². The maximum absolute atomic E-state index is 12.6. The van der Waals surface area contributed by atoms with E-state index in [1.54, 1.807) is 43.5 Å². The van der Waals surface area contributed by atoms with Crippen molar-refractivity contribution in [3.8, 4) is 5.75 Å². The average molecular weight is 410 g/mol. The van der Waals surface area contributed by atoms with Gasteiger partial charge in [0.1, 0.15) is 17.6 Å². The van der Waals surface area contributed by atoms with Crippen molar-refractivity contribution in [3.05, 3.63) is 59.1 Å².